The molecule has 1 aromatic rings. The topological polar surface area (TPSA) is 30.7 Å². The number of aromatic nitrogens is 3. The number of nitrogens with zero attached hydrogens (tertiary/aromatic N) is 3. The van der Waals surface area contributed by atoms with Gasteiger partial charge in [-0.05, 0) is 44.4 Å². The molecule has 166 valence electrons. The molecule has 3 nitrogen and oxygen atoms in total. The summed E-state index contributed by atoms with van der Waals surface area (Å²) in [6, 6.07) is 0. The van der Waals surface area contributed by atoms with Crippen molar-refractivity contribution in [3.8, 4) is 11.8 Å². The highest BCUT2D eigenvalue weighted by Gasteiger charge is 2.11. The molecule has 0 aliphatic carbocycles. The Kier molecular flexibility index (Phi) is 15.6. The van der Waals surface area contributed by atoms with Gasteiger partial charge in [0, 0.05) is 25.1 Å². The van der Waals surface area contributed by atoms with Crippen LogP contribution in [0.25, 0.3) is 0 Å². The molecule has 1 aromatic heterocycles. The Balaban J connectivity index is 2.27. The first-order valence-corrected chi connectivity index (χ1v) is 12.6. The van der Waals surface area contributed by atoms with E-state index in [1.54, 1.807) is 0 Å². The fourth-order valence-electron chi connectivity index (χ4n) is 3.85. The van der Waals surface area contributed by atoms with Gasteiger partial charge in [0.25, 0.3) is 0 Å². The lowest BCUT2D eigenvalue weighted by Gasteiger charge is -2.16. The van der Waals surface area contributed by atoms with Gasteiger partial charge in [-0.3, -0.25) is 4.68 Å². The molecule has 2 unspecified atom stereocenters. The minimum Gasteiger partial charge on any atom is -0.252 e. The summed E-state index contributed by atoms with van der Waals surface area (Å²) in [5.74, 6) is 8.11. The van der Waals surface area contributed by atoms with Crippen molar-refractivity contribution >= 4 is 0 Å². The molecule has 29 heavy (non-hydrogen) atoms. The zero-order valence-corrected chi connectivity index (χ0v) is 19.9. The van der Waals surface area contributed by atoms with Crippen LogP contribution in [0.15, 0.2) is 6.20 Å². The van der Waals surface area contributed by atoms with Crippen molar-refractivity contribution < 1.29 is 0 Å². The first-order valence-electron chi connectivity index (χ1n) is 12.6. The third kappa shape index (κ3) is 13.5. The second kappa shape index (κ2) is 17.5. The maximum absolute atomic E-state index is 4.41. The van der Waals surface area contributed by atoms with Crippen LogP contribution in [-0.2, 0) is 13.0 Å². The maximum atomic E-state index is 4.41. The molecular formula is C26H47N3. The standard InChI is InChI=1S/C26H47N3/c1-5-8-13-17-24(4)18-15-11-12-16-21-26-23-29(28-27-26)22-25(19-10-7-3)20-14-9-6-2/h23-25H,5-14,16-17,19-22H2,1-4H3. The van der Waals surface area contributed by atoms with Gasteiger partial charge in [0.15, 0.2) is 0 Å². The normalized spacial score (nSPS) is 13.1. The molecule has 0 aliphatic rings. The van der Waals surface area contributed by atoms with E-state index in [1.165, 1.54) is 70.6 Å². The van der Waals surface area contributed by atoms with Gasteiger partial charge in [-0.15, -0.1) is 16.9 Å². The van der Waals surface area contributed by atoms with Gasteiger partial charge in [-0.25, -0.2) is 0 Å². The Morgan fingerprint density at radius 3 is 2.28 bits per heavy atom. The number of hydrogen-bond acceptors (Lipinski definition) is 2. The van der Waals surface area contributed by atoms with Gasteiger partial charge in [-0.2, -0.15) is 0 Å². The molecule has 1 heterocycles. The van der Waals surface area contributed by atoms with E-state index in [1.807, 2.05) is 0 Å². The molecule has 2 atom stereocenters. The Morgan fingerprint density at radius 1 is 0.862 bits per heavy atom. The molecule has 0 radical (unpaired) electrons. The minimum absolute atomic E-state index is 0.555. The van der Waals surface area contributed by atoms with E-state index in [0.29, 0.717) is 5.92 Å². The lowest BCUT2D eigenvalue weighted by molar-refractivity contribution is 0.345. The average Bonchev–Trinajstić information content (AvgIpc) is 3.16. The molecule has 0 saturated heterocycles. The van der Waals surface area contributed by atoms with Gasteiger partial charge < -0.3 is 0 Å². The van der Waals surface area contributed by atoms with Crippen molar-refractivity contribution in [2.75, 3.05) is 0 Å². The summed E-state index contributed by atoms with van der Waals surface area (Å²) in [4.78, 5) is 0. The first kappa shape index (κ1) is 25.7. The highest BCUT2D eigenvalue weighted by Crippen LogP contribution is 2.19. The summed E-state index contributed by atoms with van der Waals surface area (Å²) in [6.45, 7) is 10.1. The number of unbranched alkanes of at least 4 members (excludes halogenated alkanes) is 7. The molecule has 0 saturated carbocycles. The number of aryl methyl sites for hydroxylation is 1. The smallest absolute Gasteiger partial charge is 0.0827 e. The molecular weight excluding hydrogens is 354 g/mol. The Morgan fingerprint density at radius 2 is 1.55 bits per heavy atom. The van der Waals surface area contributed by atoms with E-state index in [2.05, 4.69) is 60.7 Å². The first-order chi connectivity index (χ1) is 14.2. The van der Waals surface area contributed by atoms with Crippen molar-refractivity contribution in [1.29, 1.82) is 0 Å². The highest BCUT2D eigenvalue weighted by molar-refractivity contribution is 5.02. The van der Waals surface area contributed by atoms with E-state index < -0.39 is 0 Å². The molecule has 0 bridgehead atoms. The monoisotopic (exact) mass is 401 g/mol. The van der Waals surface area contributed by atoms with Crippen molar-refractivity contribution in [1.82, 2.24) is 15.0 Å². The van der Waals surface area contributed by atoms with Crippen LogP contribution in [0.1, 0.15) is 123 Å². The van der Waals surface area contributed by atoms with Crippen LogP contribution in [0, 0.1) is 23.7 Å². The van der Waals surface area contributed by atoms with E-state index in [9.17, 15) is 0 Å². The molecule has 0 amide bonds. The van der Waals surface area contributed by atoms with Crippen LogP contribution in [0.5, 0.6) is 0 Å². The van der Waals surface area contributed by atoms with Crippen molar-refractivity contribution in [2.24, 2.45) is 11.8 Å². The third-order valence-corrected chi connectivity index (χ3v) is 5.79. The lowest BCUT2D eigenvalue weighted by Crippen LogP contribution is -2.12. The minimum atomic E-state index is 0.555. The summed E-state index contributed by atoms with van der Waals surface area (Å²) >= 11 is 0. The average molecular weight is 402 g/mol. The van der Waals surface area contributed by atoms with Crippen LogP contribution in [0.2, 0.25) is 0 Å². The van der Waals surface area contributed by atoms with E-state index >= 15 is 0 Å². The third-order valence-electron chi connectivity index (χ3n) is 5.79. The van der Waals surface area contributed by atoms with Crippen molar-refractivity contribution in [3.05, 3.63) is 11.9 Å². The zero-order chi connectivity index (χ0) is 21.2. The van der Waals surface area contributed by atoms with Crippen LogP contribution >= 0.6 is 0 Å². The summed E-state index contributed by atoms with van der Waals surface area (Å²) in [6.07, 6.45) is 21.0. The predicted octanol–water partition coefficient (Wildman–Crippen LogP) is 7.60. The fourth-order valence-corrected chi connectivity index (χ4v) is 3.85. The molecule has 0 N–H and O–H groups in total. The Labute approximate surface area is 181 Å². The summed E-state index contributed by atoms with van der Waals surface area (Å²) in [7, 11) is 0. The quantitative estimate of drug-likeness (QED) is 0.199. The fraction of sp³-hybridized carbons (Fsp3) is 0.846. The van der Waals surface area contributed by atoms with Crippen LogP contribution in [0.4, 0.5) is 0 Å². The van der Waals surface area contributed by atoms with Gasteiger partial charge in [0.2, 0.25) is 0 Å². The largest absolute Gasteiger partial charge is 0.252 e. The van der Waals surface area contributed by atoms with Gasteiger partial charge in [0.05, 0.1) is 5.69 Å². The van der Waals surface area contributed by atoms with E-state index in [-0.39, 0.29) is 0 Å². The second-order valence-corrected chi connectivity index (χ2v) is 8.86. The number of rotatable bonds is 17. The molecule has 1 rings (SSSR count). The summed E-state index contributed by atoms with van der Waals surface area (Å²) in [5.41, 5.74) is 1.15. The summed E-state index contributed by atoms with van der Waals surface area (Å²) in [5, 5.41) is 8.82. The number of hydrogen-bond donors (Lipinski definition) is 0. The van der Waals surface area contributed by atoms with Gasteiger partial charge in [0.1, 0.15) is 0 Å². The van der Waals surface area contributed by atoms with Crippen LogP contribution < -0.4 is 0 Å². The van der Waals surface area contributed by atoms with Crippen LogP contribution in [-0.4, -0.2) is 15.0 Å². The highest BCUT2D eigenvalue weighted by atomic mass is 15.4. The van der Waals surface area contributed by atoms with E-state index in [4.69, 9.17) is 0 Å². The van der Waals surface area contributed by atoms with Crippen LogP contribution in [0.3, 0.4) is 0 Å². The molecule has 3 heteroatoms. The SMILES string of the molecule is CCCCCC(C)C#CCCCCc1cn(CC(CCCC)CCCCC)nn1. The lowest BCUT2D eigenvalue weighted by atomic mass is 9.95. The van der Waals surface area contributed by atoms with E-state index in [0.717, 1.165) is 43.8 Å². The molecule has 0 spiro atoms. The zero-order valence-electron chi connectivity index (χ0n) is 19.9. The predicted molar refractivity (Wildman–Crippen MR) is 126 cm³/mol. The maximum Gasteiger partial charge on any atom is 0.0827 e. The summed E-state index contributed by atoms with van der Waals surface area (Å²) < 4.78 is 2.10. The Hall–Kier alpha value is -1.30. The molecule has 0 aromatic carbocycles. The van der Waals surface area contributed by atoms with Crippen molar-refractivity contribution in [2.45, 2.75) is 131 Å². The Bertz CT molecular complexity index is 552. The van der Waals surface area contributed by atoms with Gasteiger partial charge in [-0.1, -0.05) is 84.3 Å². The molecule has 0 aliphatic heterocycles. The van der Waals surface area contributed by atoms with Crippen molar-refractivity contribution in [3.63, 3.8) is 0 Å². The van der Waals surface area contributed by atoms with Gasteiger partial charge >= 0.3 is 0 Å². The second-order valence-electron chi connectivity index (χ2n) is 8.86. The molecule has 0 fully saturated rings.